The number of aromatic nitrogens is 1. The molecule has 21 heavy (non-hydrogen) atoms. The summed E-state index contributed by atoms with van der Waals surface area (Å²) in [6.45, 7) is 0. The number of oxazole rings is 1. The number of hydrogen-bond acceptors (Lipinski definition) is 3. The van der Waals surface area contributed by atoms with Crippen LogP contribution in [-0.2, 0) is 0 Å². The molecule has 0 unspecified atom stereocenters. The van der Waals surface area contributed by atoms with Gasteiger partial charge in [0.2, 0.25) is 0 Å². The molecule has 0 saturated carbocycles. The predicted molar refractivity (Wildman–Crippen MR) is 76.3 cm³/mol. The van der Waals surface area contributed by atoms with Crippen LogP contribution in [0.15, 0.2) is 65.5 Å². The van der Waals surface area contributed by atoms with Crippen LogP contribution in [0.2, 0.25) is 0 Å². The number of carbonyl (C=O) groups excluding carboxylic acids is 1. The molecule has 0 fully saturated rings. The summed E-state index contributed by atoms with van der Waals surface area (Å²) >= 11 is 0. The van der Waals surface area contributed by atoms with Crippen molar-refractivity contribution >= 4 is 11.6 Å². The third kappa shape index (κ3) is 2.97. The van der Waals surface area contributed by atoms with Gasteiger partial charge in [-0.2, -0.15) is 0 Å². The Hall–Kier alpha value is -2.95. The number of nitrogens with zero attached hydrogens (tertiary/aromatic N) is 1. The number of halogens is 1. The lowest BCUT2D eigenvalue weighted by Gasteiger charge is -2.06. The summed E-state index contributed by atoms with van der Waals surface area (Å²) in [4.78, 5) is 15.9. The van der Waals surface area contributed by atoms with Gasteiger partial charge in [-0.25, -0.2) is 9.37 Å². The average Bonchev–Trinajstić information content (AvgIpc) is 3.02. The van der Waals surface area contributed by atoms with E-state index in [4.69, 9.17) is 4.42 Å². The molecule has 0 radical (unpaired) electrons. The van der Waals surface area contributed by atoms with Crippen molar-refractivity contribution in [2.24, 2.45) is 0 Å². The highest BCUT2D eigenvalue weighted by Crippen LogP contribution is 2.22. The number of rotatable bonds is 3. The average molecular weight is 282 g/mol. The Bertz CT molecular complexity index is 752. The fourth-order valence-corrected chi connectivity index (χ4v) is 1.91. The van der Waals surface area contributed by atoms with E-state index in [0.717, 1.165) is 5.56 Å². The van der Waals surface area contributed by atoms with Crippen molar-refractivity contribution < 1.29 is 13.6 Å². The molecule has 1 aromatic heterocycles. The zero-order chi connectivity index (χ0) is 14.7. The maximum absolute atomic E-state index is 12.8. The van der Waals surface area contributed by atoms with Gasteiger partial charge in [0.25, 0.3) is 5.91 Å². The van der Waals surface area contributed by atoms with Gasteiger partial charge in [0.05, 0.1) is 6.20 Å². The molecule has 0 aliphatic heterocycles. The molecule has 1 amide bonds. The first-order chi connectivity index (χ1) is 10.2. The minimum absolute atomic E-state index is 0.301. The van der Waals surface area contributed by atoms with E-state index in [2.05, 4.69) is 10.3 Å². The second kappa shape index (κ2) is 5.58. The minimum atomic E-state index is -0.376. The zero-order valence-electron chi connectivity index (χ0n) is 10.9. The van der Waals surface area contributed by atoms with Crippen LogP contribution in [-0.4, -0.2) is 10.9 Å². The zero-order valence-corrected chi connectivity index (χ0v) is 10.9. The summed E-state index contributed by atoms with van der Waals surface area (Å²) in [5.74, 6) is -0.0588. The lowest BCUT2D eigenvalue weighted by atomic mass is 10.1. The van der Waals surface area contributed by atoms with Crippen LogP contribution in [0.4, 0.5) is 10.1 Å². The van der Waals surface area contributed by atoms with Gasteiger partial charge >= 0.3 is 0 Å². The number of amides is 1. The Morgan fingerprint density at radius 1 is 1.14 bits per heavy atom. The maximum Gasteiger partial charge on any atom is 0.255 e. The smallest absolute Gasteiger partial charge is 0.255 e. The highest BCUT2D eigenvalue weighted by Gasteiger charge is 2.08. The lowest BCUT2D eigenvalue weighted by molar-refractivity contribution is 0.102. The van der Waals surface area contributed by atoms with E-state index in [-0.39, 0.29) is 11.7 Å². The number of benzene rings is 2. The highest BCUT2D eigenvalue weighted by atomic mass is 19.1. The summed E-state index contributed by atoms with van der Waals surface area (Å²) in [7, 11) is 0. The molecule has 2 aromatic carbocycles. The molecule has 0 aliphatic carbocycles. The van der Waals surface area contributed by atoms with Gasteiger partial charge < -0.3 is 9.73 Å². The van der Waals surface area contributed by atoms with E-state index in [9.17, 15) is 9.18 Å². The number of nitrogens with one attached hydrogen (secondary N) is 1. The summed E-state index contributed by atoms with van der Waals surface area (Å²) in [5.41, 5.74) is 1.82. The van der Waals surface area contributed by atoms with Crippen molar-refractivity contribution in [2.45, 2.75) is 0 Å². The van der Waals surface area contributed by atoms with Crippen LogP contribution >= 0.6 is 0 Å². The summed E-state index contributed by atoms with van der Waals surface area (Å²) in [5, 5.41) is 2.76. The number of anilines is 1. The third-order valence-corrected chi connectivity index (χ3v) is 2.94. The largest absolute Gasteiger partial charge is 0.444 e. The Morgan fingerprint density at radius 2 is 1.95 bits per heavy atom. The van der Waals surface area contributed by atoms with E-state index in [1.165, 1.54) is 30.7 Å². The van der Waals surface area contributed by atoms with Gasteiger partial charge in [0.15, 0.2) is 12.2 Å². The van der Waals surface area contributed by atoms with E-state index < -0.39 is 0 Å². The Labute approximate surface area is 120 Å². The normalized spacial score (nSPS) is 10.3. The summed E-state index contributed by atoms with van der Waals surface area (Å²) in [6, 6.07) is 12.6. The van der Waals surface area contributed by atoms with Crippen LogP contribution < -0.4 is 5.32 Å². The molecule has 5 heteroatoms. The number of carbonyl (C=O) groups is 1. The fraction of sp³-hybridized carbons (Fsp3) is 0. The Balaban J connectivity index is 1.80. The summed E-state index contributed by atoms with van der Waals surface area (Å²) in [6.07, 6.45) is 2.94. The molecule has 0 saturated heterocycles. The molecule has 104 valence electrons. The second-order valence-corrected chi connectivity index (χ2v) is 4.41. The first kappa shape index (κ1) is 13.1. The molecular weight excluding hydrogens is 271 g/mol. The molecule has 0 atom stereocenters. The van der Waals surface area contributed by atoms with Crippen LogP contribution in [0.3, 0.4) is 0 Å². The maximum atomic E-state index is 12.8. The SMILES string of the molecule is O=C(Nc1cccc(-c2cnco2)c1)c1ccc(F)cc1. The van der Waals surface area contributed by atoms with Gasteiger partial charge in [-0.1, -0.05) is 12.1 Å². The molecule has 0 spiro atoms. The Kier molecular flexibility index (Phi) is 3.47. The third-order valence-electron chi connectivity index (χ3n) is 2.94. The quantitative estimate of drug-likeness (QED) is 0.796. The second-order valence-electron chi connectivity index (χ2n) is 4.41. The van der Waals surface area contributed by atoms with E-state index in [1.807, 2.05) is 6.07 Å². The van der Waals surface area contributed by atoms with E-state index in [1.54, 1.807) is 24.4 Å². The first-order valence-electron chi connectivity index (χ1n) is 6.28. The molecular formula is C16H11FN2O2. The summed E-state index contributed by atoms with van der Waals surface area (Å²) < 4.78 is 18.1. The molecule has 0 bridgehead atoms. The van der Waals surface area contributed by atoms with Gasteiger partial charge in [0.1, 0.15) is 5.82 Å². The van der Waals surface area contributed by atoms with E-state index in [0.29, 0.717) is 17.0 Å². The monoisotopic (exact) mass is 282 g/mol. The van der Waals surface area contributed by atoms with Crippen molar-refractivity contribution in [3.63, 3.8) is 0 Å². The topological polar surface area (TPSA) is 55.1 Å². The fourth-order valence-electron chi connectivity index (χ4n) is 1.91. The number of hydrogen-bond donors (Lipinski definition) is 1. The molecule has 3 aromatic rings. The molecule has 3 rings (SSSR count). The van der Waals surface area contributed by atoms with Gasteiger partial charge in [-0.15, -0.1) is 0 Å². The van der Waals surface area contributed by atoms with Gasteiger partial charge in [-0.3, -0.25) is 4.79 Å². The van der Waals surface area contributed by atoms with Crippen molar-refractivity contribution in [2.75, 3.05) is 5.32 Å². The van der Waals surface area contributed by atoms with Crippen molar-refractivity contribution in [1.82, 2.24) is 4.98 Å². The van der Waals surface area contributed by atoms with Crippen LogP contribution in [0, 0.1) is 5.82 Å². The van der Waals surface area contributed by atoms with Crippen LogP contribution in [0.5, 0.6) is 0 Å². The van der Waals surface area contributed by atoms with Crippen LogP contribution in [0.1, 0.15) is 10.4 Å². The minimum Gasteiger partial charge on any atom is -0.444 e. The molecule has 1 N–H and O–H groups in total. The molecule has 1 heterocycles. The van der Waals surface area contributed by atoms with Gasteiger partial charge in [0, 0.05) is 16.8 Å². The predicted octanol–water partition coefficient (Wildman–Crippen LogP) is 3.73. The molecule has 4 nitrogen and oxygen atoms in total. The van der Waals surface area contributed by atoms with Crippen molar-refractivity contribution in [3.05, 3.63) is 72.5 Å². The Morgan fingerprint density at radius 3 is 2.67 bits per heavy atom. The van der Waals surface area contributed by atoms with Crippen LogP contribution in [0.25, 0.3) is 11.3 Å². The lowest BCUT2D eigenvalue weighted by Crippen LogP contribution is -2.11. The van der Waals surface area contributed by atoms with E-state index >= 15 is 0 Å². The van der Waals surface area contributed by atoms with Crippen molar-refractivity contribution in [3.8, 4) is 11.3 Å². The highest BCUT2D eigenvalue weighted by molar-refractivity contribution is 6.04. The first-order valence-corrected chi connectivity index (χ1v) is 6.28. The van der Waals surface area contributed by atoms with Crippen molar-refractivity contribution in [1.29, 1.82) is 0 Å². The standard InChI is InChI=1S/C16H11FN2O2/c17-13-6-4-11(5-7-13)16(20)19-14-3-1-2-12(8-14)15-9-18-10-21-15/h1-10H,(H,19,20). The molecule has 0 aliphatic rings. The van der Waals surface area contributed by atoms with Gasteiger partial charge in [-0.05, 0) is 36.4 Å².